The van der Waals surface area contributed by atoms with Crippen molar-refractivity contribution in [3.05, 3.63) is 59.7 Å². The first-order valence-electron chi connectivity index (χ1n) is 6.84. The molecule has 0 saturated carbocycles. The van der Waals surface area contributed by atoms with Crippen LogP contribution in [0.2, 0.25) is 0 Å². The molecule has 2 aromatic rings. The van der Waals surface area contributed by atoms with Crippen LogP contribution in [0.3, 0.4) is 0 Å². The zero-order valence-electron chi connectivity index (χ0n) is 11.7. The number of azo groups is 1. The standard InChI is InChI=1S/C16H19N3O2/c20-9-8-17-11-13-4-6-15(7-5-13)18-19-16-3-1-2-14(10-16)12-21/h1-7,10,17,20-21H,8-9,11-12H2. The van der Waals surface area contributed by atoms with E-state index in [2.05, 4.69) is 15.5 Å². The lowest BCUT2D eigenvalue weighted by atomic mass is 10.2. The van der Waals surface area contributed by atoms with Crippen LogP contribution in [-0.4, -0.2) is 23.4 Å². The summed E-state index contributed by atoms with van der Waals surface area (Å²) < 4.78 is 0. The minimum Gasteiger partial charge on any atom is -0.395 e. The molecule has 0 saturated heterocycles. The number of rotatable bonds is 7. The van der Waals surface area contributed by atoms with Gasteiger partial charge < -0.3 is 15.5 Å². The Morgan fingerprint density at radius 2 is 1.62 bits per heavy atom. The highest BCUT2D eigenvalue weighted by Crippen LogP contribution is 2.19. The van der Waals surface area contributed by atoms with E-state index in [0.717, 1.165) is 29.0 Å². The predicted molar refractivity (Wildman–Crippen MR) is 81.8 cm³/mol. The van der Waals surface area contributed by atoms with Gasteiger partial charge in [0.25, 0.3) is 0 Å². The van der Waals surface area contributed by atoms with Crippen LogP contribution < -0.4 is 5.32 Å². The minimum atomic E-state index is -0.00109. The van der Waals surface area contributed by atoms with Gasteiger partial charge in [-0.3, -0.25) is 0 Å². The molecule has 5 nitrogen and oxygen atoms in total. The maximum absolute atomic E-state index is 9.07. The van der Waals surface area contributed by atoms with E-state index in [9.17, 15) is 0 Å². The lowest BCUT2D eigenvalue weighted by Crippen LogP contribution is -2.17. The Hall–Kier alpha value is -2.08. The van der Waals surface area contributed by atoms with E-state index in [1.807, 2.05) is 42.5 Å². The van der Waals surface area contributed by atoms with E-state index in [1.54, 1.807) is 6.07 Å². The molecule has 0 aliphatic heterocycles. The normalized spacial score (nSPS) is 11.1. The molecular formula is C16H19N3O2. The highest BCUT2D eigenvalue weighted by atomic mass is 16.3. The third-order valence-corrected chi connectivity index (χ3v) is 2.93. The molecule has 0 heterocycles. The van der Waals surface area contributed by atoms with E-state index in [0.29, 0.717) is 6.54 Å². The van der Waals surface area contributed by atoms with Crippen molar-refractivity contribution in [3.8, 4) is 0 Å². The van der Waals surface area contributed by atoms with Crippen LogP contribution in [0, 0.1) is 0 Å². The van der Waals surface area contributed by atoms with E-state index < -0.39 is 0 Å². The van der Waals surface area contributed by atoms with Crippen molar-refractivity contribution in [2.45, 2.75) is 13.2 Å². The molecule has 0 bridgehead atoms. The Morgan fingerprint density at radius 1 is 0.857 bits per heavy atom. The topological polar surface area (TPSA) is 77.2 Å². The molecule has 0 aliphatic carbocycles. The highest BCUT2D eigenvalue weighted by molar-refractivity contribution is 5.42. The SMILES string of the molecule is OCCNCc1ccc(N=Nc2cccc(CO)c2)cc1. The molecule has 0 aliphatic rings. The van der Waals surface area contributed by atoms with Crippen molar-refractivity contribution in [2.75, 3.05) is 13.2 Å². The molecule has 0 radical (unpaired) electrons. The summed E-state index contributed by atoms with van der Waals surface area (Å²) in [6, 6.07) is 15.1. The van der Waals surface area contributed by atoms with Gasteiger partial charge in [0.2, 0.25) is 0 Å². The Kier molecular flexibility index (Phi) is 6.02. The number of aliphatic hydroxyl groups is 2. The fourth-order valence-electron chi connectivity index (χ4n) is 1.82. The van der Waals surface area contributed by atoms with Gasteiger partial charge in [-0.2, -0.15) is 10.2 Å². The molecule has 3 N–H and O–H groups in total. The maximum atomic E-state index is 9.07. The fourth-order valence-corrected chi connectivity index (χ4v) is 1.82. The smallest absolute Gasteiger partial charge is 0.0860 e. The van der Waals surface area contributed by atoms with Crippen molar-refractivity contribution in [1.82, 2.24) is 5.32 Å². The molecule has 0 amide bonds. The molecule has 2 rings (SSSR count). The van der Waals surface area contributed by atoms with Crippen LogP contribution in [0.1, 0.15) is 11.1 Å². The van der Waals surface area contributed by atoms with Crippen molar-refractivity contribution < 1.29 is 10.2 Å². The van der Waals surface area contributed by atoms with Gasteiger partial charge in [0.05, 0.1) is 24.6 Å². The Balaban J connectivity index is 1.97. The number of benzene rings is 2. The monoisotopic (exact) mass is 285 g/mol. The second-order valence-corrected chi connectivity index (χ2v) is 4.59. The Bertz CT molecular complexity index is 582. The number of nitrogens with zero attached hydrogens (tertiary/aromatic N) is 2. The van der Waals surface area contributed by atoms with Gasteiger partial charge in [0.15, 0.2) is 0 Å². The lowest BCUT2D eigenvalue weighted by Gasteiger charge is -2.02. The van der Waals surface area contributed by atoms with Gasteiger partial charge in [-0.05, 0) is 35.4 Å². The molecule has 5 heteroatoms. The van der Waals surface area contributed by atoms with Crippen LogP contribution in [0.25, 0.3) is 0 Å². The Labute approximate surface area is 124 Å². The third kappa shape index (κ3) is 5.07. The van der Waals surface area contributed by atoms with Crippen LogP contribution in [0.15, 0.2) is 58.8 Å². The summed E-state index contributed by atoms with van der Waals surface area (Å²) in [4.78, 5) is 0. The van der Waals surface area contributed by atoms with Crippen LogP contribution in [0.4, 0.5) is 11.4 Å². The van der Waals surface area contributed by atoms with Crippen molar-refractivity contribution in [3.63, 3.8) is 0 Å². The van der Waals surface area contributed by atoms with Crippen LogP contribution >= 0.6 is 0 Å². The highest BCUT2D eigenvalue weighted by Gasteiger charge is 1.95. The van der Waals surface area contributed by atoms with E-state index in [-0.39, 0.29) is 13.2 Å². The van der Waals surface area contributed by atoms with Gasteiger partial charge in [-0.15, -0.1) is 0 Å². The average molecular weight is 285 g/mol. The van der Waals surface area contributed by atoms with Crippen molar-refractivity contribution in [1.29, 1.82) is 0 Å². The quantitative estimate of drug-likeness (QED) is 0.540. The van der Waals surface area contributed by atoms with Gasteiger partial charge in [-0.1, -0.05) is 24.3 Å². The minimum absolute atomic E-state index is 0.00109. The van der Waals surface area contributed by atoms with E-state index in [4.69, 9.17) is 10.2 Å². The predicted octanol–water partition coefficient (Wildman–Crippen LogP) is 2.68. The first kappa shape index (κ1) is 15.3. The molecule has 110 valence electrons. The molecular weight excluding hydrogens is 266 g/mol. The fraction of sp³-hybridized carbons (Fsp3) is 0.250. The summed E-state index contributed by atoms with van der Waals surface area (Å²) >= 11 is 0. The zero-order valence-corrected chi connectivity index (χ0v) is 11.7. The van der Waals surface area contributed by atoms with Crippen LogP contribution in [-0.2, 0) is 13.2 Å². The summed E-state index contributed by atoms with van der Waals surface area (Å²) in [6.45, 7) is 1.44. The molecule has 0 atom stereocenters. The van der Waals surface area contributed by atoms with Gasteiger partial charge in [-0.25, -0.2) is 0 Å². The second kappa shape index (κ2) is 8.26. The molecule has 2 aromatic carbocycles. The number of hydrogen-bond acceptors (Lipinski definition) is 5. The summed E-state index contributed by atoms with van der Waals surface area (Å²) in [5.74, 6) is 0. The van der Waals surface area contributed by atoms with E-state index >= 15 is 0 Å². The van der Waals surface area contributed by atoms with Crippen molar-refractivity contribution in [2.24, 2.45) is 10.2 Å². The number of aliphatic hydroxyl groups excluding tert-OH is 2. The maximum Gasteiger partial charge on any atom is 0.0860 e. The number of hydrogen-bond donors (Lipinski definition) is 3. The molecule has 0 unspecified atom stereocenters. The molecule has 0 aromatic heterocycles. The summed E-state index contributed by atoms with van der Waals surface area (Å²) in [7, 11) is 0. The molecule has 0 spiro atoms. The summed E-state index contributed by atoms with van der Waals surface area (Å²) in [6.07, 6.45) is 0. The van der Waals surface area contributed by atoms with Gasteiger partial charge >= 0.3 is 0 Å². The van der Waals surface area contributed by atoms with Gasteiger partial charge in [0, 0.05) is 13.1 Å². The summed E-state index contributed by atoms with van der Waals surface area (Å²) in [5, 5.41) is 29.2. The third-order valence-electron chi connectivity index (χ3n) is 2.93. The first-order valence-corrected chi connectivity index (χ1v) is 6.84. The molecule has 21 heavy (non-hydrogen) atoms. The second-order valence-electron chi connectivity index (χ2n) is 4.59. The zero-order chi connectivity index (χ0) is 14.9. The van der Waals surface area contributed by atoms with Crippen LogP contribution in [0.5, 0.6) is 0 Å². The average Bonchev–Trinajstić information content (AvgIpc) is 2.54. The first-order chi connectivity index (χ1) is 10.3. The summed E-state index contributed by atoms with van der Waals surface area (Å²) in [5.41, 5.74) is 3.44. The largest absolute Gasteiger partial charge is 0.395 e. The Morgan fingerprint density at radius 3 is 2.33 bits per heavy atom. The molecule has 0 fully saturated rings. The van der Waals surface area contributed by atoms with Crippen molar-refractivity contribution >= 4 is 11.4 Å². The van der Waals surface area contributed by atoms with E-state index in [1.165, 1.54) is 0 Å². The van der Waals surface area contributed by atoms with Gasteiger partial charge in [0.1, 0.15) is 0 Å². The number of nitrogens with one attached hydrogen (secondary N) is 1. The lowest BCUT2D eigenvalue weighted by molar-refractivity contribution is 0.282.